The van der Waals surface area contributed by atoms with Crippen LogP contribution in [-0.2, 0) is 22.5 Å². The zero-order valence-electron chi connectivity index (χ0n) is 13.0. The van der Waals surface area contributed by atoms with Gasteiger partial charge in [-0.05, 0) is 30.4 Å². The van der Waals surface area contributed by atoms with Gasteiger partial charge in [0, 0.05) is 43.5 Å². The summed E-state index contributed by atoms with van der Waals surface area (Å²) in [4.78, 5) is 18.1. The second kappa shape index (κ2) is 7.08. The minimum absolute atomic E-state index is 0.0459. The lowest BCUT2D eigenvalue weighted by Gasteiger charge is -2.37. The summed E-state index contributed by atoms with van der Waals surface area (Å²) >= 11 is 1.79. The maximum Gasteiger partial charge on any atom is 0.224 e. The Bertz CT molecular complexity index is 519. The third kappa shape index (κ3) is 3.51. The summed E-state index contributed by atoms with van der Waals surface area (Å²) in [5, 5.41) is 11.3. The van der Waals surface area contributed by atoms with Gasteiger partial charge >= 0.3 is 0 Å². The van der Waals surface area contributed by atoms with Gasteiger partial charge in [-0.2, -0.15) is 0 Å². The third-order valence-electron chi connectivity index (χ3n) is 4.61. The summed E-state index contributed by atoms with van der Waals surface area (Å²) in [6, 6.07) is 2.44. The van der Waals surface area contributed by atoms with Crippen molar-refractivity contribution in [3.05, 3.63) is 21.9 Å². The third-order valence-corrected chi connectivity index (χ3v) is 5.63. The fourth-order valence-electron chi connectivity index (χ4n) is 3.16. The molecule has 1 fully saturated rings. The van der Waals surface area contributed by atoms with Gasteiger partial charge in [0.05, 0.1) is 19.3 Å². The van der Waals surface area contributed by atoms with Crippen molar-refractivity contribution in [2.75, 3.05) is 32.8 Å². The number of carbonyl (C=O) groups excluding carboxylic acids is 1. The lowest BCUT2D eigenvalue weighted by molar-refractivity contribution is -0.133. The van der Waals surface area contributed by atoms with E-state index in [2.05, 4.69) is 23.3 Å². The molecule has 2 aliphatic heterocycles. The number of carbonyl (C=O) groups is 1. The summed E-state index contributed by atoms with van der Waals surface area (Å²) in [5.74, 6) is 0.232. The van der Waals surface area contributed by atoms with E-state index in [0.717, 1.165) is 26.1 Å². The fraction of sp³-hybridized carbons (Fsp3) is 0.688. The quantitative estimate of drug-likeness (QED) is 0.901. The molecule has 1 aromatic rings. The molecule has 1 saturated heterocycles. The molecule has 3 heterocycles. The smallest absolute Gasteiger partial charge is 0.224 e. The first-order valence-electron chi connectivity index (χ1n) is 7.97. The van der Waals surface area contributed by atoms with Crippen LogP contribution in [0, 0.1) is 0 Å². The molecule has 0 aliphatic carbocycles. The van der Waals surface area contributed by atoms with Crippen molar-refractivity contribution in [2.24, 2.45) is 0 Å². The Labute approximate surface area is 135 Å². The molecule has 1 N–H and O–H groups in total. The first-order valence-corrected chi connectivity index (χ1v) is 8.85. The second-order valence-electron chi connectivity index (χ2n) is 6.17. The Balaban J connectivity index is 1.50. The van der Waals surface area contributed by atoms with E-state index in [4.69, 9.17) is 4.74 Å². The molecule has 3 rings (SSSR count). The summed E-state index contributed by atoms with van der Waals surface area (Å²) < 4.78 is 5.54. The fourth-order valence-corrected chi connectivity index (χ4v) is 4.05. The van der Waals surface area contributed by atoms with Gasteiger partial charge in [0.15, 0.2) is 0 Å². The van der Waals surface area contributed by atoms with E-state index in [1.54, 1.807) is 11.3 Å². The van der Waals surface area contributed by atoms with Crippen molar-refractivity contribution >= 4 is 17.2 Å². The zero-order valence-corrected chi connectivity index (χ0v) is 13.8. The van der Waals surface area contributed by atoms with Gasteiger partial charge in [-0.25, -0.2) is 0 Å². The van der Waals surface area contributed by atoms with E-state index in [1.807, 2.05) is 4.90 Å². The van der Waals surface area contributed by atoms with Crippen molar-refractivity contribution in [3.8, 4) is 0 Å². The topological polar surface area (TPSA) is 53.0 Å². The second-order valence-corrected chi connectivity index (χ2v) is 7.17. The van der Waals surface area contributed by atoms with E-state index in [0.29, 0.717) is 25.6 Å². The van der Waals surface area contributed by atoms with Crippen LogP contribution in [0.2, 0.25) is 0 Å². The van der Waals surface area contributed by atoms with Gasteiger partial charge in [-0.15, -0.1) is 11.3 Å². The highest BCUT2D eigenvalue weighted by Crippen LogP contribution is 2.24. The summed E-state index contributed by atoms with van der Waals surface area (Å²) in [6.07, 6.45) is 1.41. The first-order chi connectivity index (χ1) is 10.7. The number of hydrogen-bond acceptors (Lipinski definition) is 5. The van der Waals surface area contributed by atoms with Crippen molar-refractivity contribution in [1.82, 2.24) is 9.80 Å². The number of thiophene rings is 1. The molecule has 1 aromatic heterocycles. The van der Waals surface area contributed by atoms with E-state index >= 15 is 0 Å². The number of nitrogens with zero attached hydrogens (tertiary/aromatic N) is 2. The number of aliphatic hydroxyl groups is 1. The SMILES string of the molecule is CC1COC(CO)CN1CCC(=O)N1CCc2sccc2C1. The van der Waals surface area contributed by atoms with Crippen LogP contribution >= 0.6 is 11.3 Å². The van der Waals surface area contributed by atoms with Crippen molar-refractivity contribution in [2.45, 2.75) is 38.5 Å². The van der Waals surface area contributed by atoms with Crippen molar-refractivity contribution in [1.29, 1.82) is 0 Å². The number of morpholine rings is 1. The maximum atomic E-state index is 12.5. The van der Waals surface area contributed by atoms with Crippen LogP contribution < -0.4 is 0 Å². The molecule has 6 heteroatoms. The van der Waals surface area contributed by atoms with E-state index in [9.17, 15) is 9.90 Å². The van der Waals surface area contributed by atoms with Crippen LogP contribution in [0.25, 0.3) is 0 Å². The van der Waals surface area contributed by atoms with Crippen LogP contribution in [0.3, 0.4) is 0 Å². The van der Waals surface area contributed by atoms with Gasteiger partial charge in [-0.3, -0.25) is 9.69 Å². The molecule has 0 radical (unpaired) electrons. The van der Waals surface area contributed by atoms with Gasteiger partial charge in [0.1, 0.15) is 0 Å². The molecule has 0 aromatic carbocycles. The first kappa shape index (κ1) is 15.9. The monoisotopic (exact) mass is 324 g/mol. The molecule has 5 nitrogen and oxygen atoms in total. The molecule has 2 atom stereocenters. The maximum absolute atomic E-state index is 12.5. The number of hydrogen-bond donors (Lipinski definition) is 1. The number of rotatable bonds is 4. The highest BCUT2D eigenvalue weighted by molar-refractivity contribution is 7.10. The van der Waals surface area contributed by atoms with Gasteiger partial charge in [0.2, 0.25) is 5.91 Å². The van der Waals surface area contributed by atoms with Crippen LogP contribution in [0.1, 0.15) is 23.8 Å². The molecule has 2 aliphatic rings. The Hall–Kier alpha value is -0.950. The molecule has 0 saturated carbocycles. The predicted octanol–water partition coefficient (Wildman–Crippen LogP) is 1.10. The molecular formula is C16H24N2O3S. The molecular weight excluding hydrogens is 300 g/mol. The van der Waals surface area contributed by atoms with Crippen LogP contribution in [0.4, 0.5) is 0 Å². The minimum atomic E-state index is -0.116. The largest absolute Gasteiger partial charge is 0.394 e. The van der Waals surface area contributed by atoms with Gasteiger partial charge < -0.3 is 14.7 Å². The molecule has 22 heavy (non-hydrogen) atoms. The summed E-state index contributed by atoms with van der Waals surface area (Å²) in [5.41, 5.74) is 1.31. The summed E-state index contributed by atoms with van der Waals surface area (Å²) in [6.45, 7) is 5.83. The zero-order chi connectivity index (χ0) is 15.5. The Morgan fingerprint density at radius 1 is 1.55 bits per heavy atom. The van der Waals surface area contributed by atoms with Crippen LogP contribution in [0.15, 0.2) is 11.4 Å². The lowest BCUT2D eigenvalue weighted by atomic mass is 10.1. The Kier molecular flexibility index (Phi) is 5.13. The van der Waals surface area contributed by atoms with Crippen LogP contribution in [0.5, 0.6) is 0 Å². The predicted molar refractivity (Wildman–Crippen MR) is 85.9 cm³/mol. The molecule has 2 unspecified atom stereocenters. The van der Waals surface area contributed by atoms with E-state index < -0.39 is 0 Å². The highest BCUT2D eigenvalue weighted by atomic mass is 32.1. The summed E-state index contributed by atoms with van der Waals surface area (Å²) in [7, 11) is 0. The van der Waals surface area contributed by atoms with E-state index in [-0.39, 0.29) is 18.6 Å². The Morgan fingerprint density at radius 3 is 3.23 bits per heavy atom. The molecule has 122 valence electrons. The lowest BCUT2D eigenvalue weighted by Crippen LogP contribution is -2.50. The van der Waals surface area contributed by atoms with Crippen molar-refractivity contribution in [3.63, 3.8) is 0 Å². The van der Waals surface area contributed by atoms with E-state index in [1.165, 1.54) is 10.4 Å². The average Bonchev–Trinajstić information content (AvgIpc) is 3.01. The van der Waals surface area contributed by atoms with Crippen LogP contribution in [-0.4, -0.2) is 65.8 Å². The molecule has 1 amide bonds. The van der Waals surface area contributed by atoms with Crippen molar-refractivity contribution < 1.29 is 14.6 Å². The average molecular weight is 324 g/mol. The number of aliphatic hydroxyl groups excluding tert-OH is 1. The molecule has 0 spiro atoms. The normalized spacial score (nSPS) is 26.0. The molecule has 0 bridgehead atoms. The number of fused-ring (bicyclic) bond motifs is 1. The number of ether oxygens (including phenoxy) is 1. The van der Waals surface area contributed by atoms with Gasteiger partial charge in [-0.1, -0.05) is 0 Å². The standard InChI is InChI=1S/C16H24N2O3S/c1-12-11-21-14(10-19)9-17(12)6-3-16(20)18-5-2-15-13(8-18)4-7-22-15/h4,7,12,14,19H,2-3,5-6,8-11H2,1H3. The number of amides is 1. The van der Waals surface area contributed by atoms with Gasteiger partial charge in [0.25, 0.3) is 0 Å². The highest BCUT2D eigenvalue weighted by Gasteiger charge is 2.27. The Morgan fingerprint density at radius 2 is 2.41 bits per heavy atom. The minimum Gasteiger partial charge on any atom is -0.394 e.